The fraction of sp³-hybridized carbons (Fsp3) is 0.632. The van der Waals surface area contributed by atoms with Gasteiger partial charge in [-0.1, -0.05) is 13.8 Å². The first-order valence-electron chi connectivity index (χ1n) is 9.15. The molecule has 1 aromatic carbocycles. The summed E-state index contributed by atoms with van der Waals surface area (Å²) >= 11 is 0. The molecule has 0 saturated carbocycles. The van der Waals surface area contributed by atoms with E-state index in [0.29, 0.717) is 12.3 Å². The maximum absolute atomic E-state index is 12.3. The van der Waals surface area contributed by atoms with Crippen molar-refractivity contribution in [1.82, 2.24) is 0 Å². The fourth-order valence-electron chi connectivity index (χ4n) is 3.45. The Hall–Kier alpha value is -1.75. The number of anilines is 3. The third kappa shape index (κ3) is 4.20. The lowest BCUT2D eigenvalue weighted by atomic mass is 10.1. The van der Waals surface area contributed by atoms with E-state index in [4.69, 9.17) is 4.74 Å². The Labute approximate surface area is 145 Å². The zero-order valence-corrected chi connectivity index (χ0v) is 14.9. The molecule has 5 nitrogen and oxygen atoms in total. The topological polar surface area (TPSA) is 44.8 Å². The van der Waals surface area contributed by atoms with Crippen LogP contribution in [0.1, 0.15) is 33.1 Å². The van der Waals surface area contributed by atoms with Crippen molar-refractivity contribution in [3.63, 3.8) is 0 Å². The molecule has 2 heterocycles. The summed E-state index contributed by atoms with van der Waals surface area (Å²) in [6.07, 6.45) is 3.05. The van der Waals surface area contributed by atoms with Gasteiger partial charge >= 0.3 is 0 Å². The Morgan fingerprint density at radius 1 is 1.12 bits per heavy atom. The number of benzene rings is 1. The fourth-order valence-corrected chi connectivity index (χ4v) is 3.45. The van der Waals surface area contributed by atoms with Crippen LogP contribution in [-0.4, -0.2) is 45.3 Å². The Bertz CT molecular complexity index is 562. The van der Waals surface area contributed by atoms with Crippen molar-refractivity contribution >= 4 is 23.0 Å². The van der Waals surface area contributed by atoms with Crippen molar-refractivity contribution in [1.29, 1.82) is 0 Å². The van der Waals surface area contributed by atoms with Crippen LogP contribution in [0.2, 0.25) is 0 Å². The molecule has 2 aliphatic heterocycles. The van der Waals surface area contributed by atoms with Crippen molar-refractivity contribution < 1.29 is 9.53 Å². The highest BCUT2D eigenvalue weighted by atomic mass is 16.5. The predicted octanol–water partition coefficient (Wildman–Crippen LogP) is 3.11. The van der Waals surface area contributed by atoms with Gasteiger partial charge in [0.1, 0.15) is 0 Å². The molecule has 0 aliphatic carbocycles. The van der Waals surface area contributed by atoms with E-state index < -0.39 is 0 Å². The van der Waals surface area contributed by atoms with Gasteiger partial charge in [-0.15, -0.1) is 0 Å². The third-order valence-electron chi connectivity index (χ3n) is 4.67. The summed E-state index contributed by atoms with van der Waals surface area (Å²) in [6.45, 7) is 9.59. The Balaban J connectivity index is 1.84. The average Bonchev–Trinajstić information content (AvgIpc) is 3.09. The van der Waals surface area contributed by atoms with E-state index in [-0.39, 0.29) is 5.91 Å². The lowest BCUT2D eigenvalue weighted by Gasteiger charge is -2.31. The standard InChI is InChI=1S/C19H29N3O2/c1-15(2)13-19(23)20-17-14-16(21-7-3-4-8-21)5-6-18(17)22-9-11-24-12-10-22/h5-6,14-15H,3-4,7-13H2,1-2H3,(H,20,23). The maximum atomic E-state index is 12.3. The van der Waals surface area contributed by atoms with Crippen molar-refractivity contribution in [2.45, 2.75) is 33.1 Å². The van der Waals surface area contributed by atoms with Gasteiger partial charge in [-0.05, 0) is 37.0 Å². The lowest BCUT2D eigenvalue weighted by molar-refractivity contribution is -0.116. The molecule has 1 aromatic rings. The molecule has 1 N–H and O–H groups in total. The molecule has 5 heteroatoms. The molecule has 2 aliphatic rings. The average molecular weight is 331 g/mol. The second-order valence-electron chi connectivity index (χ2n) is 7.14. The number of ether oxygens (including phenoxy) is 1. The number of carbonyl (C=O) groups is 1. The molecule has 2 fully saturated rings. The largest absolute Gasteiger partial charge is 0.378 e. The molecule has 2 saturated heterocycles. The first-order valence-corrected chi connectivity index (χ1v) is 9.15. The van der Waals surface area contributed by atoms with Crippen LogP contribution in [-0.2, 0) is 9.53 Å². The molecule has 0 aromatic heterocycles. The highest BCUT2D eigenvalue weighted by Crippen LogP contribution is 2.33. The normalized spacial score (nSPS) is 18.3. The number of nitrogens with one attached hydrogen (secondary N) is 1. The van der Waals surface area contributed by atoms with E-state index in [0.717, 1.165) is 50.8 Å². The molecular formula is C19H29N3O2. The summed E-state index contributed by atoms with van der Waals surface area (Å²) in [5.74, 6) is 0.455. The molecular weight excluding hydrogens is 302 g/mol. The summed E-state index contributed by atoms with van der Waals surface area (Å²) < 4.78 is 5.46. The van der Waals surface area contributed by atoms with Crippen LogP contribution in [0.25, 0.3) is 0 Å². The van der Waals surface area contributed by atoms with Gasteiger partial charge in [0.05, 0.1) is 24.6 Å². The van der Waals surface area contributed by atoms with Crippen molar-refractivity contribution in [2.75, 3.05) is 54.5 Å². The number of hydrogen-bond acceptors (Lipinski definition) is 4. The number of rotatable bonds is 5. The monoisotopic (exact) mass is 331 g/mol. The molecule has 132 valence electrons. The second-order valence-corrected chi connectivity index (χ2v) is 7.14. The minimum absolute atomic E-state index is 0.0954. The smallest absolute Gasteiger partial charge is 0.224 e. The van der Waals surface area contributed by atoms with E-state index in [2.05, 4.69) is 47.2 Å². The van der Waals surface area contributed by atoms with E-state index in [1.807, 2.05) is 0 Å². The maximum Gasteiger partial charge on any atom is 0.224 e. The number of hydrogen-bond donors (Lipinski definition) is 1. The zero-order valence-electron chi connectivity index (χ0n) is 14.9. The van der Waals surface area contributed by atoms with Crippen LogP contribution in [0.3, 0.4) is 0 Å². The number of carbonyl (C=O) groups excluding carboxylic acids is 1. The van der Waals surface area contributed by atoms with Crippen LogP contribution in [0, 0.1) is 5.92 Å². The number of morpholine rings is 1. The quantitative estimate of drug-likeness (QED) is 0.900. The highest BCUT2D eigenvalue weighted by Gasteiger charge is 2.19. The molecule has 0 atom stereocenters. The lowest BCUT2D eigenvalue weighted by Crippen LogP contribution is -2.37. The van der Waals surface area contributed by atoms with E-state index in [9.17, 15) is 4.79 Å². The highest BCUT2D eigenvalue weighted by molar-refractivity contribution is 5.95. The van der Waals surface area contributed by atoms with Gasteiger partial charge in [0.15, 0.2) is 0 Å². The SMILES string of the molecule is CC(C)CC(=O)Nc1cc(N2CCCC2)ccc1N1CCOCC1. The summed E-state index contributed by atoms with van der Waals surface area (Å²) in [7, 11) is 0. The first-order chi connectivity index (χ1) is 11.6. The van der Waals surface area contributed by atoms with Crippen LogP contribution >= 0.6 is 0 Å². The van der Waals surface area contributed by atoms with Crippen LogP contribution in [0.4, 0.5) is 17.1 Å². The Kier molecular flexibility index (Phi) is 5.61. The van der Waals surface area contributed by atoms with Crippen molar-refractivity contribution in [2.24, 2.45) is 5.92 Å². The zero-order chi connectivity index (χ0) is 16.9. The van der Waals surface area contributed by atoms with Crippen molar-refractivity contribution in [3.8, 4) is 0 Å². The molecule has 0 spiro atoms. The van der Waals surface area contributed by atoms with Crippen molar-refractivity contribution in [3.05, 3.63) is 18.2 Å². The van der Waals surface area contributed by atoms with E-state index in [1.165, 1.54) is 18.5 Å². The Morgan fingerprint density at radius 2 is 1.83 bits per heavy atom. The van der Waals surface area contributed by atoms with Gasteiger partial charge in [0.25, 0.3) is 0 Å². The van der Waals surface area contributed by atoms with E-state index in [1.54, 1.807) is 0 Å². The Morgan fingerprint density at radius 3 is 2.50 bits per heavy atom. The van der Waals surface area contributed by atoms with Crippen LogP contribution in [0.5, 0.6) is 0 Å². The number of nitrogens with zero attached hydrogens (tertiary/aromatic N) is 2. The van der Waals surface area contributed by atoms with Gasteiger partial charge in [-0.3, -0.25) is 4.79 Å². The second kappa shape index (κ2) is 7.88. The molecule has 3 rings (SSSR count). The minimum Gasteiger partial charge on any atom is -0.378 e. The molecule has 0 unspecified atom stereocenters. The third-order valence-corrected chi connectivity index (χ3v) is 4.67. The van der Waals surface area contributed by atoms with Gasteiger partial charge in [0, 0.05) is 38.3 Å². The minimum atomic E-state index is 0.0954. The van der Waals surface area contributed by atoms with Crippen LogP contribution in [0.15, 0.2) is 18.2 Å². The van der Waals surface area contributed by atoms with Crippen LogP contribution < -0.4 is 15.1 Å². The summed E-state index contributed by atoms with van der Waals surface area (Å²) in [4.78, 5) is 17.0. The molecule has 0 bridgehead atoms. The van der Waals surface area contributed by atoms with E-state index >= 15 is 0 Å². The molecule has 0 radical (unpaired) electrons. The van der Waals surface area contributed by atoms with Gasteiger partial charge < -0.3 is 19.9 Å². The van der Waals surface area contributed by atoms with Gasteiger partial charge in [-0.2, -0.15) is 0 Å². The predicted molar refractivity (Wildman–Crippen MR) is 99.0 cm³/mol. The molecule has 1 amide bonds. The first kappa shape index (κ1) is 17.1. The van der Waals surface area contributed by atoms with Gasteiger partial charge in [0.2, 0.25) is 5.91 Å². The molecule has 24 heavy (non-hydrogen) atoms. The summed E-state index contributed by atoms with van der Waals surface area (Å²) in [6, 6.07) is 6.49. The summed E-state index contributed by atoms with van der Waals surface area (Å²) in [5.41, 5.74) is 3.26. The summed E-state index contributed by atoms with van der Waals surface area (Å²) in [5, 5.41) is 3.15. The van der Waals surface area contributed by atoms with Gasteiger partial charge in [-0.25, -0.2) is 0 Å². The number of amides is 1.